The van der Waals surface area contributed by atoms with Crippen LogP contribution in [0.5, 0.6) is 5.75 Å². The first-order chi connectivity index (χ1) is 17.0. The molecule has 0 fully saturated rings. The molecule has 9 nitrogen and oxygen atoms in total. The Morgan fingerprint density at radius 2 is 1.60 bits per heavy atom. The Balaban J connectivity index is 1.27. The molecule has 0 saturated heterocycles. The van der Waals surface area contributed by atoms with Crippen LogP contribution < -0.4 is 15.5 Å². The van der Waals surface area contributed by atoms with Crippen LogP contribution in [0.4, 0.5) is 5.13 Å². The van der Waals surface area contributed by atoms with Gasteiger partial charge in [-0.15, -0.1) is 10.2 Å². The maximum atomic E-state index is 12.3. The number of halogens is 1. The van der Waals surface area contributed by atoms with Crippen LogP contribution in [0.25, 0.3) is 10.6 Å². The van der Waals surface area contributed by atoms with Gasteiger partial charge in [-0.3, -0.25) is 14.9 Å². The van der Waals surface area contributed by atoms with Gasteiger partial charge in [0.05, 0.1) is 11.8 Å². The van der Waals surface area contributed by atoms with Crippen LogP contribution >= 0.6 is 27.3 Å². The highest BCUT2D eigenvalue weighted by Gasteiger charge is 2.16. The Labute approximate surface area is 212 Å². The predicted octanol–water partition coefficient (Wildman–Crippen LogP) is 4.28. The number of hydrogen-bond acceptors (Lipinski definition) is 8. The summed E-state index contributed by atoms with van der Waals surface area (Å²) in [5, 5.41) is 14.9. The molecule has 4 aromatic rings. The lowest BCUT2D eigenvalue weighted by Crippen LogP contribution is -2.32. The number of benzene rings is 3. The molecule has 0 aliphatic rings. The second-order valence-corrected chi connectivity index (χ2v) is 8.70. The molecule has 0 aliphatic carbocycles. The molecule has 2 amide bonds. The summed E-state index contributed by atoms with van der Waals surface area (Å²) in [7, 11) is 0. The quantitative estimate of drug-likeness (QED) is 0.122. The van der Waals surface area contributed by atoms with E-state index in [1.807, 2.05) is 30.3 Å². The number of ether oxygens (including phenoxy) is 1. The van der Waals surface area contributed by atoms with Crippen LogP contribution in [0.15, 0.2) is 88.4 Å². The average molecular weight is 550 g/mol. The number of carbonyl (C=O) groups is 3. The van der Waals surface area contributed by atoms with Gasteiger partial charge >= 0.3 is 17.8 Å². The van der Waals surface area contributed by atoms with Crippen molar-refractivity contribution in [1.29, 1.82) is 0 Å². The third-order valence-corrected chi connectivity index (χ3v) is 6.02. The number of hydrogen-bond donors (Lipinski definition) is 2. The van der Waals surface area contributed by atoms with Crippen molar-refractivity contribution in [3.05, 3.63) is 94.5 Å². The zero-order valence-electron chi connectivity index (χ0n) is 17.8. The van der Waals surface area contributed by atoms with Gasteiger partial charge in [-0.05, 0) is 57.9 Å². The van der Waals surface area contributed by atoms with Gasteiger partial charge in [-0.25, -0.2) is 10.2 Å². The third kappa shape index (κ3) is 6.43. The summed E-state index contributed by atoms with van der Waals surface area (Å²) in [6, 6.07) is 22.8. The van der Waals surface area contributed by atoms with E-state index in [4.69, 9.17) is 4.74 Å². The summed E-state index contributed by atoms with van der Waals surface area (Å²) < 4.78 is 5.99. The fraction of sp³-hybridized carbons (Fsp3) is 0. The number of hydrazone groups is 1. The Kier molecular flexibility index (Phi) is 7.70. The molecule has 174 valence electrons. The molecule has 0 unspecified atom stereocenters. The van der Waals surface area contributed by atoms with Gasteiger partial charge in [0.15, 0.2) is 0 Å². The van der Waals surface area contributed by atoms with E-state index < -0.39 is 17.8 Å². The molecule has 0 bridgehead atoms. The zero-order chi connectivity index (χ0) is 24.6. The molecule has 0 atom stereocenters. The van der Waals surface area contributed by atoms with Gasteiger partial charge in [0, 0.05) is 10.0 Å². The molecule has 35 heavy (non-hydrogen) atoms. The van der Waals surface area contributed by atoms with E-state index in [1.165, 1.54) is 6.21 Å². The average Bonchev–Trinajstić information content (AvgIpc) is 3.34. The molecule has 0 spiro atoms. The van der Waals surface area contributed by atoms with Crippen LogP contribution in [-0.4, -0.2) is 34.2 Å². The van der Waals surface area contributed by atoms with Gasteiger partial charge in [0.1, 0.15) is 10.8 Å². The number of amides is 2. The van der Waals surface area contributed by atoms with E-state index in [0.717, 1.165) is 16.9 Å². The normalized spacial score (nSPS) is 10.7. The van der Waals surface area contributed by atoms with Crippen LogP contribution in [0.2, 0.25) is 0 Å². The molecule has 1 heterocycles. The van der Waals surface area contributed by atoms with Gasteiger partial charge < -0.3 is 4.74 Å². The predicted molar refractivity (Wildman–Crippen MR) is 135 cm³/mol. The van der Waals surface area contributed by atoms with Crippen LogP contribution in [0, 0.1) is 0 Å². The number of anilines is 1. The van der Waals surface area contributed by atoms with E-state index >= 15 is 0 Å². The molecule has 11 heteroatoms. The summed E-state index contributed by atoms with van der Waals surface area (Å²) in [4.78, 5) is 36.4. The molecule has 3 aromatic carbocycles. The van der Waals surface area contributed by atoms with Crippen LogP contribution in [0.1, 0.15) is 15.9 Å². The fourth-order valence-corrected chi connectivity index (χ4v) is 3.94. The summed E-state index contributed by atoms with van der Waals surface area (Å²) >= 11 is 4.46. The van der Waals surface area contributed by atoms with E-state index in [-0.39, 0.29) is 5.13 Å². The maximum absolute atomic E-state index is 12.3. The molecule has 4 rings (SSSR count). The molecule has 0 radical (unpaired) electrons. The topological polar surface area (TPSA) is 123 Å². The lowest BCUT2D eigenvalue weighted by molar-refractivity contribution is -0.136. The number of esters is 1. The summed E-state index contributed by atoms with van der Waals surface area (Å²) in [5.74, 6) is -2.04. The lowest BCUT2D eigenvalue weighted by atomic mass is 10.2. The second kappa shape index (κ2) is 11.3. The zero-order valence-corrected chi connectivity index (χ0v) is 20.2. The van der Waals surface area contributed by atoms with E-state index in [0.29, 0.717) is 26.4 Å². The largest absolute Gasteiger partial charge is 0.423 e. The number of nitrogens with one attached hydrogen (secondary N) is 2. The summed E-state index contributed by atoms with van der Waals surface area (Å²) in [5.41, 5.74) is 4.02. The van der Waals surface area contributed by atoms with Gasteiger partial charge in [0.25, 0.3) is 0 Å². The van der Waals surface area contributed by atoms with Crippen molar-refractivity contribution in [3.8, 4) is 16.3 Å². The van der Waals surface area contributed by atoms with Crippen molar-refractivity contribution in [2.24, 2.45) is 5.10 Å². The Morgan fingerprint density at radius 1 is 0.886 bits per heavy atom. The molecular weight excluding hydrogens is 534 g/mol. The third-order valence-electron chi connectivity index (χ3n) is 4.44. The van der Waals surface area contributed by atoms with Gasteiger partial charge in [-0.2, -0.15) is 5.10 Å². The standard InChI is InChI=1S/C24H16BrN5O4S/c25-19-9-5-4-8-18(19)23(33)34-17-12-10-15(11-13-17)14-26-28-21(32)20(31)27-24-30-29-22(35-24)16-6-2-1-3-7-16/h1-14H,(H,28,32)(H,27,30,31)/b26-14-. The van der Waals surface area contributed by atoms with Crippen molar-refractivity contribution < 1.29 is 19.1 Å². The van der Waals surface area contributed by atoms with E-state index in [9.17, 15) is 14.4 Å². The van der Waals surface area contributed by atoms with Crippen molar-refractivity contribution in [3.63, 3.8) is 0 Å². The molecule has 0 aliphatic heterocycles. The van der Waals surface area contributed by atoms with Gasteiger partial charge in [0.2, 0.25) is 5.13 Å². The first-order valence-electron chi connectivity index (χ1n) is 10.1. The SMILES string of the molecule is O=C(N/N=C\c1ccc(OC(=O)c2ccccc2Br)cc1)C(=O)Nc1nnc(-c2ccccc2)s1. The lowest BCUT2D eigenvalue weighted by Gasteiger charge is -2.06. The Morgan fingerprint density at radius 3 is 2.34 bits per heavy atom. The van der Waals surface area contributed by atoms with Crippen molar-refractivity contribution >= 4 is 56.4 Å². The Hall–Kier alpha value is -4.22. The van der Waals surface area contributed by atoms with Crippen molar-refractivity contribution in [2.45, 2.75) is 0 Å². The number of nitrogens with zero attached hydrogens (tertiary/aromatic N) is 3. The number of aromatic nitrogens is 2. The first-order valence-corrected chi connectivity index (χ1v) is 11.7. The second-order valence-electron chi connectivity index (χ2n) is 6.87. The van der Waals surface area contributed by atoms with Crippen molar-refractivity contribution in [2.75, 3.05) is 5.32 Å². The fourth-order valence-electron chi connectivity index (χ4n) is 2.75. The molecule has 1 aromatic heterocycles. The number of rotatable bonds is 6. The molecule has 2 N–H and O–H groups in total. The summed E-state index contributed by atoms with van der Waals surface area (Å²) in [6.07, 6.45) is 1.35. The Bertz CT molecular complexity index is 1390. The highest BCUT2D eigenvalue weighted by molar-refractivity contribution is 9.10. The first kappa shape index (κ1) is 23.9. The maximum Gasteiger partial charge on any atom is 0.344 e. The molecular formula is C24H16BrN5O4S. The highest BCUT2D eigenvalue weighted by Crippen LogP contribution is 2.25. The monoisotopic (exact) mass is 549 g/mol. The van der Waals surface area contributed by atoms with Crippen LogP contribution in [0.3, 0.4) is 0 Å². The molecule has 0 saturated carbocycles. The van der Waals surface area contributed by atoms with Crippen molar-refractivity contribution in [1.82, 2.24) is 15.6 Å². The van der Waals surface area contributed by atoms with Crippen LogP contribution in [-0.2, 0) is 9.59 Å². The van der Waals surface area contributed by atoms with E-state index in [2.05, 4.69) is 42.0 Å². The summed E-state index contributed by atoms with van der Waals surface area (Å²) in [6.45, 7) is 0. The minimum absolute atomic E-state index is 0.195. The smallest absolute Gasteiger partial charge is 0.344 e. The minimum Gasteiger partial charge on any atom is -0.423 e. The minimum atomic E-state index is -0.961. The highest BCUT2D eigenvalue weighted by atomic mass is 79.9. The van der Waals surface area contributed by atoms with Gasteiger partial charge in [-0.1, -0.05) is 53.8 Å². The number of carbonyl (C=O) groups excluding carboxylic acids is 3. The van der Waals surface area contributed by atoms with E-state index in [1.54, 1.807) is 48.5 Å².